The Kier molecular flexibility index (Phi) is 3.89. The summed E-state index contributed by atoms with van der Waals surface area (Å²) in [5, 5.41) is 0. The van der Waals surface area contributed by atoms with Crippen molar-refractivity contribution in [2.45, 2.75) is 20.0 Å². The van der Waals surface area contributed by atoms with Gasteiger partial charge >= 0.3 is 0 Å². The van der Waals surface area contributed by atoms with Gasteiger partial charge in [0.05, 0.1) is 6.54 Å². The highest BCUT2D eigenvalue weighted by Crippen LogP contribution is 2.13. The summed E-state index contributed by atoms with van der Waals surface area (Å²) in [6.45, 7) is 4.22. The zero-order chi connectivity index (χ0) is 10.4. The Labute approximate surface area is 83.4 Å². The van der Waals surface area contributed by atoms with Gasteiger partial charge in [0.2, 0.25) is 6.08 Å². The number of aryl methyl sites for hydroxylation is 1. The van der Waals surface area contributed by atoms with Gasteiger partial charge < -0.3 is 4.74 Å². The zero-order valence-corrected chi connectivity index (χ0v) is 8.36. The number of hydrogen-bond acceptors (Lipinski definition) is 3. The van der Waals surface area contributed by atoms with Crippen molar-refractivity contribution in [3.8, 4) is 5.75 Å². The molecule has 0 radical (unpaired) electrons. The molecule has 1 rings (SSSR count). The molecule has 1 aromatic rings. The first-order valence-corrected chi connectivity index (χ1v) is 4.49. The molecule has 0 N–H and O–H groups in total. The number of ether oxygens (including phenoxy) is 1. The van der Waals surface area contributed by atoms with Crippen LogP contribution in [0.3, 0.4) is 0 Å². The molecule has 0 heterocycles. The SMILES string of the molecule is Cc1ccc(OC(C)CN=C=O)cc1. The molecule has 0 aromatic heterocycles. The molecular formula is C11H13NO2. The van der Waals surface area contributed by atoms with Crippen LogP contribution in [0.1, 0.15) is 12.5 Å². The summed E-state index contributed by atoms with van der Waals surface area (Å²) in [6, 6.07) is 7.75. The van der Waals surface area contributed by atoms with Crippen LogP contribution in [0.4, 0.5) is 0 Å². The van der Waals surface area contributed by atoms with Crippen LogP contribution in [0.15, 0.2) is 29.3 Å². The van der Waals surface area contributed by atoms with Crippen molar-refractivity contribution in [2.24, 2.45) is 4.99 Å². The van der Waals surface area contributed by atoms with Crippen molar-refractivity contribution in [1.29, 1.82) is 0 Å². The highest BCUT2D eigenvalue weighted by Gasteiger charge is 2.01. The van der Waals surface area contributed by atoms with Gasteiger partial charge in [-0.1, -0.05) is 17.7 Å². The molecule has 0 saturated heterocycles. The van der Waals surface area contributed by atoms with Crippen LogP contribution in [-0.2, 0) is 4.79 Å². The van der Waals surface area contributed by atoms with E-state index in [2.05, 4.69) is 4.99 Å². The minimum absolute atomic E-state index is 0.0980. The minimum Gasteiger partial charge on any atom is -0.489 e. The van der Waals surface area contributed by atoms with Crippen LogP contribution >= 0.6 is 0 Å². The largest absolute Gasteiger partial charge is 0.489 e. The lowest BCUT2D eigenvalue weighted by atomic mass is 10.2. The van der Waals surface area contributed by atoms with Crippen molar-refractivity contribution < 1.29 is 9.53 Å². The van der Waals surface area contributed by atoms with Gasteiger partial charge in [-0.15, -0.1) is 0 Å². The summed E-state index contributed by atoms with van der Waals surface area (Å²) in [5.74, 6) is 0.796. The van der Waals surface area contributed by atoms with Gasteiger partial charge in [0.25, 0.3) is 0 Å². The number of hydrogen-bond donors (Lipinski definition) is 0. The first-order valence-electron chi connectivity index (χ1n) is 4.49. The highest BCUT2D eigenvalue weighted by molar-refractivity contribution is 5.33. The summed E-state index contributed by atoms with van der Waals surface area (Å²) >= 11 is 0. The fraction of sp³-hybridized carbons (Fsp3) is 0.364. The fourth-order valence-electron chi connectivity index (χ4n) is 1.05. The van der Waals surface area contributed by atoms with E-state index >= 15 is 0 Å². The maximum Gasteiger partial charge on any atom is 0.235 e. The van der Waals surface area contributed by atoms with Gasteiger partial charge in [-0.05, 0) is 26.0 Å². The van der Waals surface area contributed by atoms with Crippen molar-refractivity contribution in [2.75, 3.05) is 6.54 Å². The average molecular weight is 191 g/mol. The van der Waals surface area contributed by atoms with Crippen LogP contribution in [-0.4, -0.2) is 18.7 Å². The van der Waals surface area contributed by atoms with Crippen molar-refractivity contribution in [1.82, 2.24) is 0 Å². The third-order valence-electron chi connectivity index (χ3n) is 1.77. The van der Waals surface area contributed by atoms with E-state index in [9.17, 15) is 4.79 Å². The molecule has 14 heavy (non-hydrogen) atoms. The van der Waals surface area contributed by atoms with Gasteiger partial charge in [-0.3, -0.25) is 0 Å². The van der Waals surface area contributed by atoms with Crippen molar-refractivity contribution in [3.63, 3.8) is 0 Å². The molecule has 0 aliphatic carbocycles. The van der Waals surface area contributed by atoms with Crippen LogP contribution in [0.5, 0.6) is 5.75 Å². The Morgan fingerprint density at radius 3 is 2.64 bits per heavy atom. The van der Waals surface area contributed by atoms with Crippen LogP contribution in [0, 0.1) is 6.92 Å². The predicted molar refractivity (Wildman–Crippen MR) is 54.3 cm³/mol. The Hall–Kier alpha value is -1.60. The fourth-order valence-corrected chi connectivity index (χ4v) is 1.05. The maximum atomic E-state index is 9.86. The molecular weight excluding hydrogens is 178 g/mol. The number of aliphatic imine (C=N–C) groups is 1. The zero-order valence-electron chi connectivity index (χ0n) is 8.36. The van der Waals surface area contributed by atoms with Crippen molar-refractivity contribution in [3.05, 3.63) is 29.8 Å². The first-order chi connectivity index (χ1) is 6.72. The highest BCUT2D eigenvalue weighted by atomic mass is 16.5. The maximum absolute atomic E-state index is 9.86. The number of carbonyl (C=O) groups excluding carboxylic acids is 1. The smallest absolute Gasteiger partial charge is 0.235 e. The molecule has 0 fully saturated rings. The molecule has 0 saturated carbocycles. The van der Waals surface area contributed by atoms with Crippen LogP contribution < -0.4 is 4.74 Å². The third-order valence-corrected chi connectivity index (χ3v) is 1.77. The van der Waals surface area contributed by atoms with Gasteiger partial charge in [-0.25, -0.2) is 9.79 Å². The number of isocyanates is 1. The molecule has 0 aliphatic rings. The average Bonchev–Trinajstić information content (AvgIpc) is 2.18. The molecule has 1 aromatic carbocycles. The minimum atomic E-state index is -0.0980. The van der Waals surface area contributed by atoms with E-state index in [1.165, 1.54) is 11.6 Å². The van der Waals surface area contributed by atoms with Gasteiger partial charge in [0.15, 0.2) is 0 Å². The lowest BCUT2D eigenvalue weighted by Gasteiger charge is -2.11. The van der Waals surface area contributed by atoms with E-state index < -0.39 is 0 Å². The molecule has 0 bridgehead atoms. The molecule has 0 amide bonds. The molecule has 3 heteroatoms. The monoisotopic (exact) mass is 191 g/mol. The van der Waals surface area contributed by atoms with Crippen molar-refractivity contribution >= 4 is 6.08 Å². The third kappa shape index (κ3) is 3.42. The number of benzene rings is 1. The second kappa shape index (κ2) is 5.20. The Morgan fingerprint density at radius 1 is 1.43 bits per heavy atom. The van der Waals surface area contributed by atoms with Gasteiger partial charge in [0.1, 0.15) is 11.9 Å². The summed E-state index contributed by atoms with van der Waals surface area (Å²) < 4.78 is 5.50. The summed E-state index contributed by atoms with van der Waals surface area (Å²) in [4.78, 5) is 13.3. The Bertz CT molecular complexity index is 326. The van der Waals surface area contributed by atoms with Crippen LogP contribution in [0.25, 0.3) is 0 Å². The number of rotatable bonds is 4. The van der Waals surface area contributed by atoms with E-state index in [1.54, 1.807) is 0 Å². The Balaban J connectivity index is 2.51. The molecule has 1 atom stereocenters. The lowest BCUT2D eigenvalue weighted by molar-refractivity contribution is 0.230. The summed E-state index contributed by atoms with van der Waals surface area (Å²) in [6.07, 6.45) is 1.39. The summed E-state index contributed by atoms with van der Waals surface area (Å²) in [7, 11) is 0. The molecule has 74 valence electrons. The molecule has 0 spiro atoms. The Morgan fingerprint density at radius 2 is 2.07 bits per heavy atom. The second-order valence-electron chi connectivity index (χ2n) is 3.17. The topological polar surface area (TPSA) is 38.7 Å². The normalized spacial score (nSPS) is 11.6. The van der Waals surface area contributed by atoms with E-state index in [4.69, 9.17) is 4.74 Å². The molecule has 3 nitrogen and oxygen atoms in total. The quantitative estimate of drug-likeness (QED) is 0.540. The second-order valence-corrected chi connectivity index (χ2v) is 3.17. The van der Waals surface area contributed by atoms with E-state index in [-0.39, 0.29) is 6.10 Å². The summed E-state index contributed by atoms with van der Waals surface area (Å²) in [5.41, 5.74) is 1.19. The van der Waals surface area contributed by atoms with E-state index in [1.807, 2.05) is 38.1 Å². The first kappa shape index (κ1) is 10.5. The van der Waals surface area contributed by atoms with Gasteiger partial charge in [-0.2, -0.15) is 0 Å². The number of nitrogens with zero attached hydrogens (tertiary/aromatic N) is 1. The van der Waals surface area contributed by atoms with E-state index in [0.717, 1.165) is 5.75 Å². The van der Waals surface area contributed by atoms with Crippen LogP contribution in [0.2, 0.25) is 0 Å². The lowest BCUT2D eigenvalue weighted by Crippen LogP contribution is -2.15. The molecule has 1 unspecified atom stereocenters. The van der Waals surface area contributed by atoms with Gasteiger partial charge in [0, 0.05) is 0 Å². The molecule has 0 aliphatic heterocycles. The predicted octanol–water partition coefficient (Wildman–Crippen LogP) is 2.10. The van der Waals surface area contributed by atoms with E-state index in [0.29, 0.717) is 6.54 Å². The standard InChI is InChI=1S/C11H13NO2/c1-9-3-5-11(6-4-9)14-10(2)7-12-8-13/h3-6,10H,7H2,1-2H3.